The van der Waals surface area contributed by atoms with Crippen molar-refractivity contribution in [1.29, 1.82) is 0 Å². The average Bonchev–Trinajstić information content (AvgIpc) is 3.48. The molecule has 4 bridgehead atoms. The number of fused-ring (bicyclic) bond motifs is 4. The molecule has 2 N–H and O–H groups in total. The lowest BCUT2D eigenvalue weighted by Gasteiger charge is -2.43. The van der Waals surface area contributed by atoms with E-state index in [-0.39, 0.29) is 11.3 Å². The SMILES string of the molecule is CC(C)(C)C1(C(=O)O)CC2=CCC1C2.O=C(O)C1CC2=CCC1C2.O=C1C=CC(=O)O1. The molecule has 4 aliphatic carbocycles. The summed E-state index contributed by atoms with van der Waals surface area (Å²) >= 11 is 0. The highest BCUT2D eigenvalue weighted by Crippen LogP contribution is 2.60. The first-order valence-corrected chi connectivity index (χ1v) is 10.7. The van der Waals surface area contributed by atoms with Crippen LogP contribution in [0.15, 0.2) is 35.5 Å². The molecule has 0 spiro atoms. The number of rotatable bonds is 2. The summed E-state index contributed by atoms with van der Waals surface area (Å²) in [7, 11) is 0. The summed E-state index contributed by atoms with van der Waals surface area (Å²) < 4.78 is 3.97. The van der Waals surface area contributed by atoms with E-state index < -0.39 is 29.3 Å². The van der Waals surface area contributed by atoms with Crippen LogP contribution in [-0.2, 0) is 23.9 Å². The molecule has 1 aliphatic heterocycles. The molecule has 0 radical (unpaired) electrons. The van der Waals surface area contributed by atoms with Crippen LogP contribution >= 0.6 is 0 Å². The summed E-state index contributed by atoms with van der Waals surface area (Å²) in [5.74, 6) is -1.64. The molecule has 2 saturated carbocycles. The van der Waals surface area contributed by atoms with E-state index in [4.69, 9.17) is 5.11 Å². The van der Waals surface area contributed by atoms with Gasteiger partial charge in [-0.25, -0.2) is 9.59 Å². The molecule has 4 atom stereocenters. The van der Waals surface area contributed by atoms with Crippen LogP contribution in [0.1, 0.15) is 59.3 Å². The Bertz CT molecular complexity index is 870. The van der Waals surface area contributed by atoms with Gasteiger partial charge in [-0.05, 0) is 55.8 Å². The van der Waals surface area contributed by atoms with Crippen molar-refractivity contribution in [1.82, 2.24) is 0 Å². The van der Waals surface area contributed by atoms with Gasteiger partial charge in [0.1, 0.15) is 0 Å². The van der Waals surface area contributed by atoms with Gasteiger partial charge in [0.2, 0.25) is 0 Å². The van der Waals surface area contributed by atoms with E-state index in [0.29, 0.717) is 11.8 Å². The van der Waals surface area contributed by atoms with Crippen LogP contribution in [0.4, 0.5) is 0 Å². The molecule has 1 heterocycles. The molecule has 0 aromatic heterocycles. The lowest BCUT2D eigenvalue weighted by molar-refractivity contribution is -0.160. The van der Waals surface area contributed by atoms with Gasteiger partial charge < -0.3 is 14.9 Å². The van der Waals surface area contributed by atoms with Gasteiger partial charge in [0.25, 0.3) is 0 Å². The van der Waals surface area contributed by atoms with Crippen LogP contribution < -0.4 is 0 Å². The molecular weight excluding hydrogens is 400 g/mol. The second-order valence-electron chi connectivity index (χ2n) is 9.99. The third kappa shape index (κ3) is 4.50. The number of carbonyl (C=O) groups is 4. The minimum absolute atomic E-state index is 0.0556. The van der Waals surface area contributed by atoms with Crippen molar-refractivity contribution >= 4 is 23.9 Å². The van der Waals surface area contributed by atoms with Gasteiger partial charge in [0.05, 0.1) is 11.3 Å². The zero-order valence-corrected chi connectivity index (χ0v) is 18.2. The molecule has 0 saturated heterocycles. The predicted octanol–water partition coefficient (Wildman–Crippen LogP) is 3.90. The molecule has 0 aromatic rings. The Balaban J connectivity index is 0.000000140. The summed E-state index contributed by atoms with van der Waals surface area (Å²) in [6.45, 7) is 6.17. The van der Waals surface area contributed by atoms with Crippen molar-refractivity contribution in [2.45, 2.75) is 59.3 Å². The number of cyclic esters (lactones) is 2. The number of carbonyl (C=O) groups excluding carboxylic acids is 2. The van der Waals surface area contributed by atoms with Crippen LogP contribution in [0.3, 0.4) is 0 Å². The Hall–Kier alpha value is -2.70. The Kier molecular flexibility index (Phi) is 6.25. The van der Waals surface area contributed by atoms with Gasteiger partial charge >= 0.3 is 23.9 Å². The topological polar surface area (TPSA) is 118 Å². The summed E-state index contributed by atoms with van der Waals surface area (Å²) in [6.07, 6.45) is 12.2. The van der Waals surface area contributed by atoms with E-state index in [1.165, 1.54) is 11.1 Å². The zero-order valence-electron chi connectivity index (χ0n) is 18.2. The molecule has 5 aliphatic rings. The Morgan fingerprint density at radius 1 is 0.968 bits per heavy atom. The predicted molar refractivity (Wildman–Crippen MR) is 112 cm³/mol. The summed E-state index contributed by atoms with van der Waals surface area (Å²) in [6, 6.07) is 0. The lowest BCUT2D eigenvalue weighted by atomic mass is 9.59. The molecule has 31 heavy (non-hydrogen) atoms. The smallest absolute Gasteiger partial charge is 0.338 e. The number of hydrogen-bond donors (Lipinski definition) is 2. The van der Waals surface area contributed by atoms with E-state index in [9.17, 15) is 24.3 Å². The monoisotopic (exact) mass is 430 g/mol. The molecule has 0 amide bonds. The van der Waals surface area contributed by atoms with E-state index in [0.717, 1.165) is 50.7 Å². The van der Waals surface area contributed by atoms with E-state index in [2.05, 4.69) is 37.7 Å². The standard InChI is InChI=1S/C12H18O2.C8H10O2.C4H2O3/c1-11(2,3)12(10(13)14)7-8-4-5-9(12)6-8;9-8(10)7-4-5-1-2-6(7)3-5;5-3-1-2-4(6)7-3/h4,9H,5-7H2,1-3H3,(H,13,14);1,6-7H,2-4H2,(H,9,10);1-2H. The first kappa shape index (κ1) is 23.0. The number of aliphatic carboxylic acids is 2. The number of hydrogen-bond acceptors (Lipinski definition) is 5. The first-order valence-electron chi connectivity index (χ1n) is 10.7. The Morgan fingerprint density at radius 2 is 1.58 bits per heavy atom. The number of esters is 2. The van der Waals surface area contributed by atoms with Crippen LogP contribution in [0, 0.1) is 28.6 Å². The third-order valence-electron chi connectivity index (χ3n) is 7.28. The molecule has 7 heteroatoms. The van der Waals surface area contributed by atoms with Crippen molar-refractivity contribution in [3.05, 3.63) is 35.5 Å². The maximum Gasteiger partial charge on any atom is 0.338 e. The first-order chi connectivity index (χ1) is 14.4. The summed E-state index contributed by atoms with van der Waals surface area (Å²) in [5.41, 5.74) is 2.10. The van der Waals surface area contributed by atoms with Crippen molar-refractivity contribution in [2.75, 3.05) is 0 Å². The largest absolute Gasteiger partial charge is 0.481 e. The maximum absolute atomic E-state index is 11.5. The molecule has 5 rings (SSSR count). The van der Waals surface area contributed by atoms with Crippen LogP contribution in [0.5, 0.6) is 0 Å². The molecule has 168 valence electrons. The summed E-state index contributed by atoms with van der Waals surface area (Å²) in [4.78, 5) is 41.9. The highest BCUT2D eigenvalue weighted by atomic mass is 16.6. The molecule has 4 unspecified atom stereocenters. The van der Waals surface area contributed by atoms with Crippen LogP contribution in [0.25, 0.3) is 0 Å². The van der Waals surface area contributed by atoms with Crippen LogP contribution in [-0.4, -0.2) is 34.1 Å². The lowest BCUT2D eigenvalue weighted by Crippen LogP contribution is -2.46. The van der Waals surface area contributed by atoms with Gasteiger partial charge in [-0.15, -0.1) is 0 Å². The minimum atomic E-state index is -0.604. The zero-order chi connectivity index (χ0) is 23.0. The van der Waals surface area contributed by atoms with E-state index >= 15 is 0 Å². The van der Waals surface area contributed by atoms with Gasteiger partial charge in [-0.3, -0.25) is 9.59 Å². The Labute approximate surface area is 181 Å². The van der Waals surface area contributed by atoms with Gasteiger partial charge in [-0.2, -0.15) is 0 Å². The molecule has 7 nitrogen and oxygen atoms in total. The van der Waals surface area contributed by atoms with Crippen molar-refractivity contribution < 1.29 is 34.1 Å². The quantitative estimate of drug-likeness (QED) is 0.387. The highest BCUT2D eigenvalue weighted by molar-refractivity contribution is 6.04. The molecule has 0 aromatic carbocycles. The van der Waals surface area contributed by atoms with Gasteiger partial charge in [-0.1, -0.05) is 44.1 Å². The molecular formula is C24H30O7. The number of allylic oxidation sites excluding steroid dienone is 4. The third-order valence-corrected chi connectivity index (χ3v) is 7.28. The second-order valence-corrected chi connectivity index (χ2v) is 9.99. The highest BCUT2D eigenvalue weighted by Gasteiger charge is 2.59. The van der Waals surface area contributed by atoms with Crippen LogP contribution in [0.2, 0.25) is 0 Å². The Morgan fingerprint density at radius 3 is 1.81 bits per heavy atom. The maximum atomic E-state index is 11.5. The fourth-order valence-corrected chi connectivity index (χ4v) is 5.60. The summed E-state index contributed by atoms with van der Waals surface area (Å²) in [5, 5.41) is 18.2. The fraction of sp³-hybridized carbons (Fsp3) is 0.583. The molecule has 2 fully saturated rings. The second kappa shape index (κ2) is 8.44. The van der Waals surface area contributed by atoms with E-state index in [1.54, 1.807) is 0 Å². The fourth-order valence-electron chi connectivity index (χ4n) is 5.60. The average molecular weight is 430 g/mol. The van der Waals surface area contributed by atoms with Gasteiger partial charge in [0, 0.05) is 12.2 Å². The van der Waals surface area contributed by atoms with Crippen molar-refractivity contribution in [2.24, 2.45) is 28.6 Å². The normalized spacial score (nSPS) is 31.9. The minimum Gasteiger partial charge on any atom is -0.481 e. The number of ether oxygens (including phenoxy) is 1. The number of carboxylic acids is 2. The van der Waals surface area contributed by atoms with Crippen molar-refractivity contribution in [3.8, 4) is 0 Å². The van der Waals surface area contributed by atoms with E-state index in [1.807, 2.05) is 0 Å². The van der Waals surface area contributed by atoms with Gasteiger partial charge in [0.15, 0.2) is 0 Å². The van der Waals surface area contributed by atoms with Crippen molar-refractivity contribution in [3.63, 3.8) is 0 Å². The number of carboxylic acid groups (broad SMARTS) is 2.